The lowest BCUT2D eigenvalue weighted by molar-refractivity contribution is 0.398. The van der Waals surface area contributed by atoms with E-state index >= 15 is 0 Å². The molecule has 0 saturated carbocycles. The van der Waals surface area contributed by atoms with E-state index in [4.69, 9.17) is 16.3 Å². The van der Waals surface area contributed by atoms with Crippen molar-refractivity contribution in [2.75, 3.05) is 7.11 Å². The van der Waals surface area contributed by atoms with Crippen molar-refractivity contribution in [1.29, 1.82) is 0 Å². The van der Waals surface area contributed by atoms with E-state index in [1.54, 1.807) is 0 Å². The van der Waals surface area contributed by atoms with Crippen molar-refractivity contribution < 1.29 is 4.74 Å². The van der Waals surface area contributed by atoms with E-state index in [1.807, 2.05) is 19.9 Å². The summed E-state index contributed by atoms with van der Waals surface area (Å²) in [5.74, 6) is 0.437. The van der Waals surface area contributed by atoms with Crippen molar-refractivity contribution in [3.8, 4) is 5.75 Å². The van der Waals surface area contributed by atoms with Crippen LogP contribution in [0.5, 0.6) is 5.75 Å². The highest BCUT2D eigenvalue weighted by atomic mass is 35.5. The standard InChI is InChI=1S/C11H11ClN4OS/c1-6-4-7(2)16-11(15-6)18-10-8(17-3)9(12)13-5-14-10/h4-5H,1-3H3. The fourth-order valence-electron chi connectivity index (χ4n) is 1.41. The first-order chi connectivity index (χ1) is 8.60. The Kier molecular flexibility index (Phi) is 3.98. The third-order valence-electron chi connectivity index (χ3n) is 2.08. The van der Waals surface area contributed by atoms with Crippen LogP contribution in [-0.2, 0) is 0 Å². The summed E-state index contributed by atoms with van der Waals surface area (Å²) in [6, 6.07) is 1.91. The molecule has 0 aliphatic heterocycles. The molecule has 2 aromatic heterocycles. The van der Waals surface area contributed by atoms with Gasteiger partial charge in [-0.15, -0.1) is 0 Å². The normalized spacial score (nSPS) is 10.4. The van der Waals surface area contributed by atoms with Gasteiger partial charge in [0.25, 0.3) is 0 Å². The van der Waals surface area contributed by atoms with Gasteiger partial charge >= 0.3 is 0 Å². The summed E-state index contributed by atoms with van der Waals surface area (Å²) in [5.41, 5.74) is 1.81. The largest absolute Gasteiger partial charge is 0.491 e. The van der Waals surface area contributed by atoms with Gasteiger partial charge in [0.15, 0.2) is 21.1 Å². The molecule has 0 amide bonds. The summed E-state index contributed by atoms with van der Waals surface area (Å²) in [7, 11) is 1.52. The van der Waals surface area contributed by atoms with E-state index in [9.17, 15) is 0 Å². The molecule has 0 N–H and O–H groups in total. The van der Waals surface area contributed by atoms with Crippen molar-refractivity contribution in [3.63, 3.8) is 0 Å². The number of aryl methyl sites for hydroxylation is 2. The molecule has 18 heavy (non-hydrogen) atoms. The predicted molar refractivity (Wildman–Crippen MR) is 69.2 cm³/mol. The minimum atomic E-state index is 0.277. The van der Waals surface area contributed by atoms with E-state index < -0.39 is 0 Å². The molecule has 0 saturated heterocycles. The summed E-state index contributed by atoms with van der Waals surface area (Å²) in [6.45, 7) is 3.84. The second-order valence-electron chi connectivity index (χ2n) is 3.54. The van der Waals surface area contributed by atoms with Crippen molar-refractivity contribution in [3.05, 3.63) is 28.9 Å². The van der Waals surface area contributed by atoms with Gasteiger partial charge in [-0.25, -0.2) is 19.9 Å². The summed E-state index contributed by atoms with van der Waals surface area (Å²) >= 11 is 7.23. The number of rotatable bonds is 3. The van der Waals surface area contributed by atoms with Crippen LogP contribution in [0.1, 0.15) is 11.4 Å². The van der Waals surface area contributed by atoms with Crippen LogP contribution in [0.4, 0.5) is 0 Å². The van der Waals surface area contributed by atoms with Crippen LogP contribution in [-0.4, -0.2) is 27.0 Å². The molecule has 0 aliphatic rings. The fraction of sp³-hybridized carbons (Fsp3) is 0.273. The van der Waals surface area contributed by atoms with Crippen molar-refractivity contribution in [2.24, 2.45) is 0 Å². The van der Waals surface area contributed by atoms with Crippen molar-refractivity contribution in [2.45, 2.75) is 24.0 Å². The molecule has 0 radical (unpaired) electrons. The van der Waals surface area contributed by atoms with Gasteiger partial charge in [-0.05, 0) is 31.7 Å². The van der Waals surface area contributed by atoms with Gasteiger partial charge in [-0.1, -0.05) is 11.6 Å². The number of hydrogen-bond donors (Lipinski definition) is 0. The van der Waals surface area contributed by atoms with Crippen LogP contribution in [0.25, 0.3) is 0 Å². The molecule has 2 heterocycles. The van der Waals surface area contributed by atoms with Gasteiger partial charge in [0.05, 0.1) is 7.11 Å². The average molecular weight is 283 g/mol. The number of methoxy groups -OCH3 is 1. The maximum absolute atomic E-state index is 5.93. The van der Waals surface area contributed by atoms with Gasteiger partial charge in [0.2, 0.25) is 0 Å². The number of hydrogen-bond acceptors (Lipinski definition) is 6. The van der Waals surface area contributed by atoms with Crippen molar-refractivity contribution in [1.82, 2.24) is 19.9 Å². The monoisotopic (exact) mass is 282 g/mol. The van der Waals surface area contributed by atoms with Gasteiger partial charge in [0.1, 0.15) is 6.33 Å². The Morgan fingerprint density at radius 2 is 1.83 bits per heavy atom. The molecule has 2 rings (SSSR count). The maximum Gasteiger partial charge on any atom is 0.194 e. The fourth-order valence-corrected chi connectivity index (χ4v) is 2.60. The average Bonchev–Trinajstić information content (AvgIpc) is 2.27. The van der Waals surface area contributed by atoms with E-state index in [0.717, 1.165) is 11.4 Å². The Hall–Kier alpha value is -1.40. The van der Waals surface area contributed by atoms with Crippen molar-refractivity contribution >= 4 is 23.4 Å². The lowest BCUT2D eigenvalue weighted by Gasteiger charge is -2.07. The second kappa shape index (κ2) is 5.49. The highest BCUT2D eigenvalue weighted by Gasteiger charge is 2.13. The van der Waals surface area contributed by atoms with Gasteiger partial charge in [-0.3, -0.25) is 0 Å². The van der Waals surface area contributed by atoms with Crippen LogP contribution < -0.4 is 4.74 Å². The van der Waals surface area contributed by atoms with E-state index in [-0.39, 0.29) is 5.15 Å². The summed E-state index contributed by atoms with van der Waals surface area (Å²) in [6.07, 6.45) is 1.38. The topological polar surface area (TPSA) is 60.8 Å². The Morgan fingerprint density at radius 1 is 1.17 bits per heavy atom. The Balaban J connectivity index is 2.36. The first-order valence-corrected chi connectivity index (χ1v) is 6.34. The van der Waals surface area contributed by atoms with E-state index in [1.165, 1.54) is 25.2 Å². The van der Waals surface area contributed by atoms with E-state index in [2.05, 4.69) is 19.9 Å². The predicted octanol–water partition coefficient (Wildman–Crippen LogP) is 2.70. The van der Waals surface area contributed by atoms with Gasteiger partial charge in [0, 0.05) is 11.4 Å². The molecular formula is C11H11ClN4OS. The molecule has 0 unspecified atom stereocenters. The third-order valence-corrected chi connectivity index (χ3v) is 3.20. The first-order valence-electron chi connectivity index (χ1n) is 5.14. The molecule has 0 atom stereocenters. The minimum absolute atomic E-state index is 0.277. The lowest BCUT2D eigenvalue weighted by Crippen LogP contribution is -1.96. The van der Waals surface area contributed by atoms with Crippen LogP contribution in [0.3, 0.4) is 0 Å². The summed E-state index contributed by atoms with van der Waals surface area (Å²) in [4.78, 5) is 16.6. The van der Waals surface area contributed by atoms with Gasteiger partial charge < -0.3 is 4.74 Å². The summed E-state index contributed by atoms with van der Waals surface area (Å²) in [5, 5.41) is 1.49. The molecule has 2 aromatic rings. The molecular weight excluding hydrogens is 272 g/mol. The molecule has 0 fully saturated rings. The number of ether oxygens (including phenoxy) is 1. The summed E-state index contributed by atoms with van der Waals surface area (Å²) < 4.78 is 5.18. The molecule has 0 bridgehead atoms. The maximum atomic E-state index is 5.93. The smallest absolute Gasteiger partial charge is 0.194 e. The molecule has 94 valence electrons. The quantitative estimate of drug-likeness (QED) is 0.637. The molecule has 0 spiro atoms. The minimum Gasteiger partial charge on any atom is -0.491 e. The second-order valence-corrected chi connectivity index (χ2v) is 4.85. The van der Waals surface area contributed by atoms with Crippen LogP contribution in [0.15, 0.2) is 22.6 Å². The highest BCUT2D eigenvalue weighted by Crippen LogP contribution is 2.34. The molecule has 0 aliphatic carbocycles. The molecule has 0 aromatic carbocycles. The number of aromatic nitrogens is 4. The highest BCUT2D eigenvalue weighted by molar-refractivity contribution is 7.99. The zero-order valence-corrected chi connectivity index (χ0v) is 11.7. The SMILES string of the molecule is COc1c(Cl)ncnc1Sc1nc(C)cc(C)n1. The van der Waals surface area contributed by atoms with Crippen LogP contribution in [0, 0.1) is 13.8 Å². The molecule has 7 heteroatoms. The molecule has 5 nitrogen and oxygen atoms in total. The van der Waals surface area contributed by atoms with Gasteiger partial charge in [-0.2, -0.15) is 0 Å². The lowest BCUT2D eigenvalue weighted by atomic mass is 10.4. The number of halogens is 1. The Bertz CT molecular complexity index is 559. The van der Waals surface area contributed by atoms with Crippen LogP contribution >= 0.6 is 23.4 Å². The number of nitrogens with zero attached hydrogens (tertiary/aromatic N) is 4. The zero-order chi connectivity index (χ0) is 13.1. The Morgan fingerprint density at radius 3 is 2.44 bits per heavy atom. The first kappa shape index (κ1) is 13.0. The van der Waals surface area contributed by atoms with Crippen LogP contribution in [0.2, 0.25) is 5.15 Å². The van der Waals surface area contributed by atoms with E-state index in [0.29, 0.717) is 15.9 Å². The third kappa shape index (κ3) is 2.88. The Labute approximate surface area is 114 Å². The zero-order valence-electron chi connectivity index (χ0n) is 10.1.